The molecule has 0 saturated carbocycles. The second kappa shape index (κ2) is 12.7. The first-order valence-corrected chi connectivity index (χ1v) is 11.0. The predicted molar refractivity (Wildman–Crippen MR) is 114 cm³/mol. The zero-order valence-corrected chi connectivity index (χ0v) is 19.3. The summed E-state index contributed by atoms with van der Waals surface area (Å²) in [4.78, 5) is 0. The minimum Gasteiger partial charge on any atom is -0.759 e. The van der Waals surface area contributed by atoms with Gasteiger partial charge in [-0.3, -0.25) is 8.42 Å². The van der Waals surface area contributed by atoms with Gasteiger partial charge < -0.3 is 20.6 Å². The highest BCUT2D eigenvalue weighted by Crippen LogP contribution is 2.11. The Morgan fingerprint density at radius 1 is 0.724 bits per heavy atom. The van der Waals surface area contributed by atoms with Crippen molar-refractivity contribution in [2.45, 2.75) is 66.5 Å². The summed E-state index contributed by atoms with van der Waals surface area (Å²) in [6.07, 6.45) is 2.17. The van der Waals surface area contributed by atoms with E-state index in [0.29, 0.717) is 12.1 Å². The molecule has 0 amide bonds. The fraction of sp³-hybridized carbons (Fsp3) is 0.455. The molecular formula is C22H36N2O4S. The van der Waals surface area contributed by atoms with Crippen molar-refractivity contribution in [1.29, 1.82) is 0 Å². The fourth-order valence-electron chi connectivity index (χ4n) is 2.67. The zero-order chi connectivity index (χ0) is 22.8. The van der Waals surface area contributed by atoms with Gasteiger partial charge >= 0.3 is 0 Å². The number of rotatable bonds is 4. The topological polar surface area (TPSA) is 136 Å². The molecule has 0 fully saturated rings. The Hall–Kier alpha value is -1.77. The van der Waals surface area contributed by atoms with Gasteiger partial charge in [-0.1, -0.05) is 36.4 Å². The normalized spacial score (nSPS) is 12.8. The van der Waals surface area contributed by atoms with Gasteiger partial charge in [-0.2, -0.15) is 0 Å². The van der Waals surface area contributed by atoms with Gasteiger partial charge in [0, 0.05) is 23.2 Å². The third-order valence-corrected chi connectivity index (χ3v) is 4.31. The molecule has 0 bridgehead atoms. The van der Waals surface area contributed by atoms with Gasteiger partial charge in [0.25, 0.3) is 0 Å². The highest BCUT2D eigenvalue weighted by Gasteiger charge is 2.02. The number of aryl methyl sites for hydroxylation is 4. The van der Waals surface area contributed by atoms with Crippen molar-refractivity contribution in [2.75, 3.05) is 0 Å². The Kier molecular flexibility index (Phi) is 11.9. The highest BCUT2D eigenvalue weighted by atomic mass is 32.3. The molecule has 0 aliphatic carbocycles. The van der Waals surface area contributed by atoms with E-state index in [9.17, 15) is 0 Å². The Morgan fingerprint density at radius 3 is 1.21 bits per heavy atom. The molecular weight excluding hydrogens is 388 g/mol. The van der Waals surface area contributed by atoms with E-state index in [1.54, 1.807) is 0 Å². The SMILES string of the molecule is Cc1ccc(CC(C)[NH3+])cc1C.Cc1ccc(CC(C)[NH3+])cc1C.O=S(=O)([O-])[O-]. The van der Waals surface area contributed by atoms with E-state index in [2.05, 4.69) is 89.4 Å². The third-order valence-electron chi connectivity index (χ3n) is 4.31. The smallest absolute Gasteiger partial charge is 0.0855 e. The maximum absolute atomic E-state index is 8.52. The van der Waals surface area contributed by atoms with Crippen LogP contribution in [0.15, 0.2) is 36.4 Å². The number of quaternary nitrogens is 2. The van der Waals surface area contributed by atoms with Crippen molar-refractivity contribution < 1.29 is 29.0 Å². The minimum atomic E-state index is -5.17. The van der Waals surface area contributed by atoms with E-state index < -0.39 is 10.4 Å². The molecule has 7 heteroatoms. The van der Waals surface area contributed by atoms with E-state index in [4.69, 9.17) is 17.5 Å². The van der Waals surface area contributed by atoms with Gasteiger partial charge in [-0.15, -0.1) is 0 Å². The Balaban J connectivity index is 0.000000442. The second-order valence-corrected chi connectivity index (χ2v) is 8.68. The Bertz CT molecular complexity index is 798. The lowest BCUT2D eigenvalue weighted by Gasteiger charge is -2.06. The molecule has 0 aliphatic rings. The lowest BCUT2D eigenvalue weighted by atomic mass is 10.0. The molecule has 6 N–H and O–H groups in total. The lowest BCUT2D eigenvalue weighted by molar-refractivity contribution is -0.413. The summed E-state index contributed by atoms with van der Waals surface area (Å²) in [5.41, 5.74) is 16.3. The van der Waals surface area contributed by atoms with Crippen molar-refractivity contribution in [3.8, 4) is 0 Å². The molecule has 6 nitrogen and oxygen atoms in total. The Morgan fingerprint density at radius 2 is 1.00 bits per heavy atom. The van der Waals surface area contributed by atoms with Crippen LogP contribution in [-0.2, 0) is 23.2 Å². The minimum absolute atomic E-state index is 0.507. The van der Waals surface area contributed by atoms with Crippen molar-refractivity contribution >= 4 is 10.4 Å². The van der Waals surface area contributed by atoms with Crippen molar-refractivity contribution in [3.63, 3.8) is 0 Å². The van der Waals surface area contributed by atoms with E-state index in [1.807, 2.05) is 0 Å². The molecule has 0 aromatic heterocycles. The first-order chi connectivity index (χ1) is 13.2. The first kappa shape index (κ1) is 27.2. The molecule has 0 spiro atoms. The molecule has 0 aliphatic heterocycles. The summed E-state index contributed by atoms with van der Waals surface area (Å²) in [5, 5.41) is 0. The average molecular weight is 425 g/mol. The zero-order valence-electron chi connectivity index (χ0n) is 18.5. The quantitative estimate of drug-likeness (QED) is 0.569. The van der Waals surface area contributed by atoms with E-state index in [-0.39, 0.29) is 0 Å². The molecule has 2 unspecified atom stereocenters. The maximum Gasteiger partial charge on any atom is 0.0855 e. The van der Waals surface area contributed by atoms with Crippen LogP contribution >= 0.6 is 0 Å². The van der Waals surface area contributed by atoms with Crippen LogP contribution in [-0.4, -0.2) is 29.6 Å². The summed E-state index contributed by atoms with van der Waals surface area (Å²) in [6, 6.07) is 14.3. The van der Waals surface area contributed by atoms with Crippen LogP contribution in [0.3, 0.4) is 0 Å². The van der Waals surface area contributed by atoms with E-state index in [1.165, 1.54) is 33.4 Å². The Labute approximate surface area is 175 Å². The summed E-state index contributed by atoms with van der Waals surface area (Å²) in [5.74, 6) is 0. The van der Waals surface area contributed by atoms with Crippen LogP contribution in [0.5, 0.6) is 0 Å². The number of hydrogen-bond donors (Lipinski definition) is 2. The monoisotopic (exact) mass is 424 g/mol. The third kappa shape index (κ3) is 14.8. The van der Waals surface area contributed by atoms with Crippen molar-refractivity contribution in [1.82, 2.24) is 0 Å². The van der Waals surface area contributed by atoms with E-state index >= 15 is 0 Å². The first-order valence-electron chi connectivity index (χ1n) is 9.64. The number of hydrogen-bond acceptors (Lipinski definition) is 4. The van der Waals surface area contributed by atoms with Gasteiger partial charge in [0.2, 0.25) is 0 Å². The average Bonchev–Trinajstić information content (AvgIpc) is 2.53. The molecule has 29 heavy (non-hydrogen) atoms. The molecule has 164 valence electrons. The summed E-state index contributed by atoms with van der Waals surface area (Å²) in [7, 11) is -5.17. The van der Waals surface area contributed by atoms with Crippen LogP contribution in [0.25, 0.3) is 0 Å². The summed E-state index contributed by atoms with van der Waals surface area (Å²) < 4.78 is 34.1. The van der Waals surface area contributed by atoms with Gasteiger partial charge in [-0.25, -0.2) is 0 Å². The molecule has 2 atom stereocenters. The van der Waals surface area contributed by atoms with E-state index in [0.717, 1.165) is 12.8 Å². The van der Waals surface area contributed by atoms with Crippen molar-refractivity contribution in [2.24, 2.45) is 0 Å². The summed E-state index contributed by atoms with van der Waals surface area (Å²) >= 11 is 0. The predicted octanol–water partition coefficient (Wildman–Crippen LogP) is 1.61. The number of benzene rings is 2. The molecule has 2 rings (SSSR count). The fourth-order valence-corrected chi connectivity index (χ4v) is 2.67. The largest absolute Gasteiger partial charge is 0.759 e. The van der Waals surface area contributed by atoms with Crippen LogP contribution in [0, 0.1) is 27.7 Å². The maximum atomic E-state index is 8.52. The van der Waals surface area contributed by atoms with Gasteiger partial charge in [0.1, 0.15) is 0 Å². The standard InChI is InChI=1S/2C11H17N.H2O4S/c2*1-8-4-5-11(6-9(8)2)7-10(3)12;1-5(2,3)4/h2*4-6,10H,7,12H2,1-3H3;(H2,1,2,3,4). The van der Waals surface area contributed by atoms with Crippen LogP contribution in [0.2, 0.25) is 0 Å². The van der Waals surface area contributed by atoms with Crippen LogP contribution < -0.4 is 11.5 Å². The molecule has 2 aromatic carbocycles. The summed E-state index contributed by atoms with van der Waals surface area (Å²) in [6.45, 7) is 12.9. The highest BCUT2D eigenvalue weighted by molar-refractivity contribution is 7.79. The molecule has 0 heterocycles. The van der Waals surface area contributed by atoms with Gasteiger partial charge in [-0.05, 0) is 74.9 Å². The van der Waals surface area contributed by atoms with Crippen LogP contribution in [0.1, 0.15) is 47.2 Å². The molecule has 0 radical (unpaired) electrons. The van der Waals surface area contributed by atoms with Gasteiger partial charge in [0.05, 0.1) is 12.1 Å². The van der Waals surface area contributed by atoms with Gasteiger partial charge in [0.15, 0.2) is 0 Å². The lowest BCUT2D eigenvalue weighted by Crippen LogP contribution is -2.60. The van der Waals surface area contributed by atoms with Crippen LogP contribution in [0.4, 0.5) is 0 Å². The molecule has 0 saturated heterocycles. The second-order valence-electron chi connectivity index (χ2n) is 7.86. The van der Waals surface area contributed by atoms with Crippen molar-refractivity contribution in [3.05, 3.63) is 69.8 Å². The molecule has 2 aromatic rings.